The van der Waals surface area contributed by atoms with Crippen molar-refractivity contribution in [3.05, 3.63) is 47.2 Å². The summed E-state index contributed by atoms with van der Waals surface area (Å²) in [4.78, 5) is 19.5. The number of hydrogen-bond acceptors (Lipinski definition) is 7. The molecule has 0 unspecified atom stereocenters. The van der Waals surface area contributed by atoms with Crippen LogP contribution in [0.25, 0.3) is 0 Å². The molecular weight excluding hydrogens is 398 g/mol. The molecule has 0 aliphatic rings. The number of nitrogens with one attached hydrogen (secondary N) is 2. The van der Waals surface area contributed by atoms with Gasteiger partial charge in [0.05, 0.1) is 0 Å². The summed E-state index contributed by atoms with van der Waals surface area (Å²) < 4.78 is 0. The largest absolute Gasteiger partial charge is 0.480 e. The molecule has 0 fully saturated rings. The second-order valence-electron chi connectivity index (χ2n) is 7.44. The first-order valence-electron chi connectivity index (χ1n) is 10.1. The van der Waals surface area contributed by atoms with Crippen LogP contribution in [0.15, 0.2) is 47.2 Å². The molecular formula is C22H35N5O2S. The van der Waals surface area contributed by atoms with Gasteiger partial charge in [0.15, 0.2) is 0 Å². The summed E-state index contributed by atoms with van der Waals surface area (Å²) in [7, 11) is 0. The van der Waals surface area contributed by atoms with Crippen molar-refractivity contribution < 1.29 is 9.90 Å². The van der Waals surface area contributed by atoms with Crippen LogP contribution in [0.2, 0.25) is 0 Å². The molecule has 0 spiro atoms. The molecule has 0 saturated carbocycles. The number of carboxylic acid groups (broad SMARTS) is 1. The maximum absolute atomic E-state index is 11.5. The molecule has 0 aliphatic heterocycles. The number of aromatic nitrogens is 2. The Morgan fingerprint density at radius 3 is 2.47 bits per heavy atom. The molecule has 166 valence electrons. The number of carboxylic acids is 1. The predicted molar refractivity (Wildman–Crippen MR) is 128 cm³/mol. The summed E-state index contributed by atoms with van der Waals surface area (Å²) in [6.45, 7) is 8.58. The molecule has 1 atom stereocenters. The number of anilines is 2. The van der Waals surface area contributed by atoms with Gasteiger partial charge in [0.1, 0.15) is 11.9 Å². The van der Waals surface area contributed by atoms with Crippen LogP contribution in [-0.2, 0) is 4.79 Å². The predicted octanol–water partition coefficient (Wildman–Crippen LogP) is 4.78. The van der Waals surface area contributed by atoms with Crippen molar-refractivity contribution in [1.82, 2.24) is 9.97 Å². The molecule has 5 N–H and O–H groups in total. The Bertz CT molecular complexity index is 758. The number of rotatable bonds is 14. The van der Waals surface area contributed by atoms with Crippen molar-refractivity contribution in [3.8, 4) is 0 Å². The first-order valence-corrected chi connectivity index (χ1v) is 11.3. The Morgan fingerprint density at radius 2 is 1.83 bits per heavy atom. The van der Waals surface area contributed by atoms with E-state index >= 15 is 0 Å². The van der Waals surface area contributed by atoms with Crippen molar-refractivity contribution >= 4 is 29.5 Å². The summed E-state index contributed by atoms with van der Waals surface area (Å²) in [5, 5.41) is 12.4. The van der Waals surface area contributed by atoms with E-state index in [0.29, 0.717) is 11.6 Å². The molecule has 1 rings (SSSR count). The van der Waals surface area contributed by atoms with E-state index in [0.717, 1.165) is 31.4 Å². The second kappa shape index (κ2) is 14.6. The Hall–Kier alpha value is -2.32. The highest BCUT2D eigenvalue weighted by Crippen LogP contribution is 2.14. The highest BCUT2D eigenvalue weighted by Gasteiger charge is 2.17. The zero-order valence-corrected chi connectivity index (χ0v) is 19.3. The first kappa shape index (κ1) is 25.7. The van der Waals surface area contributed by atoms with Crippen molar-refractivity contribution in [2.45, 2.75) is 59.4 Å². The number of nitrogens with zero attached hydrogens (tertiary/aromatic N) is 2. The van der Waals surface area contributed by atoms with E-state index < -0.39 is 12.0 Å². The number of hydrogen-bond donors (Lipinski definition) is 4. The number of aliphatic carboxylic acids is 1. The fourth-order valence-corrected chi connectivity index (χ4v) is 3.59. The van der Waals surface area contributed by atoms with Gasteiger partial charge in [0.25, 0.3) is 0 Å². The van der Waals surface area contributed by atoms with Gasteiger partial charge in [-0.25, -0.2) is 15.6 Å². The molecule has 0 radical (unpaired) electrons. The van der Waals surface area contributed by atoms with Gasteiger partial charge in [-0.15, -0.1) is 0 Å². The van der Waals surface area contributed by atoms with E-state index in [4.69, 9.17) is 5.84 Å². The van der Waals surface area contributed by atoms with E-state index in [-0.39, 0.29) is 5.95 Å². The maximum Gasteiger partial charge on any atom is 0.327 e. The number of nitrogen functional groups attached to an aromatic ring is 1. The third-order valence-corrected chi connectivity index (χ3v) is 5.33. The molecule has 1 heterocycles. The Kier molecular flexibility index (Phi) is 12.5. The van der Waals surface area contributed by atoms with Crippen LogP contribution in [0.3, 0.4) is 0 Å². The smallest absolute Gasteiger partial charge is 0.327 e. The zero-order valence-electron chi connectivity index (χ0n) is 18.4. The lowest BCUT2D eigenvalue weighted by molar-refractivity contribution is -0.137. The highest BCUT2D eigenvalue weighted by atomic mass is 32.2. The van der Waals surface area contributed by atoms with Crippen molar-refractivity contribution in [3.63, 3.8) is 0 Å². The molecule has 0 saturated heterocycles. The standard InChI is InChI=1S/C22H35N5O2S/c1-16(2)7-5-8-17(3)9-6-10-18(4)12-14-30-15-19(21(28)29)25-20-11-13-24-22(26-20)27-23/h7,9,11-13,19H,5-6,8,10,14-15,23H2,1-4H3,(H,28,29)(H2,24,25,26,27)/t19-/m0/s1. The topological polar surface area (TPSA) is 113 Å². The monoisotopic (exact) mass is 433 g/mol. The second-order valence-corrected chi connectivity index (χ2v) is 8.52. The minimum Gasteiger partial charge on any atom is -0.480 e. The fourth-order valence-electron chi connectivity index (χ4n) is 2.59. The number of hydrazine groups is 1. The third-order valence-electron chi connectivity index (χ3n) is 4.36. The summed E-state index contributed by atoms with van der Waals surface area (Å²) >= 11 is 1.58. The van der Waals surface area contributed by atoms with Gasteiger partial charge in [0, 0.05) is 17.7 Å². The number of thioether (sulfide) groups is 1. The summed E-state index contributed by atoms with van der Waals surface area (Å²) in [5.74, 6) is 6.22. The van der Waals surface area contributed by atoms with E-state index in [1.165, 1.54) is 22.9 Å². The Balaban J connectivity index is 2.38. The van der Waals surface area contributed by atoms with Gasteiger partial charge in [-0.05, 0) is 59.4 Å². The van der Waals surface area contributed by atoms with Gasteiger partial charge >= 0.3 is 5.97 Å². The normalized spacial score (nSPS) is 13.0. The number of allylic oxidation sites excluding steroid dienone is 5. The van der Waals surface area contributed by atoms with Crippen LogP contribution in [0.1, 0.15) is 53.4 Å². The quantitative estimate of drug-likeness (QED) is 0.143. The average molecular weight is 434 g/mol. The fraction of sp³-hybridized carbons (Fsp3) is 0.500. The van der Waals surface area contributed by atoms with Gasteiger partial charge < -0.3 is 10.4 Å². The number of nitrogens with two attached hydrogens (primary N) is 1. The molecule has 0 bridgehead atoms. The summed E-state index contributed by atoms with van der Waals surface area (Å²) in [5.41, 5.74) is 6.47. The van der Waals surface area contributed by atoms with E-state index in [1.807, 2.05) is 0 Å². The molecule has 8 heteroatoms. The SMILES string of the molecule is CC(C)=CCCC(C)=CCCC(C)=CCSC[C@H](Nc1ccnc(NN)n1)C(=O)O. The van der Waals surface area contributed by atoms with E-state index in [1.54, 1.807) is 17.8 Å². The lowest BCUT2D eigenvalue weighted by Gasteiger charge is -2.14. The molecule has 0 amide bonds. The molecule has 7 nitrogen and oxygen atoms in total. The lowest BCUT2D eigenvalue weighted by Crippen LogP contribution is -2.32. The molecule has 0 aliphatic carbocycles. The first-order chi connectivity index (χ1) is 14.3. The summed E-state index contributed by atoms with van der Waals surface area (Å²) in [6.07, 6.45) is 12.6. The van der Waals surface area contributed by atoms with Crippen LogP contribution < -0.4 is 16.6 Å². The highest BCUT2D eigenvalue weighted by molar-refractivity contribution is 7.99. The lowest BCUT2D eigenvalue weighted by atomic mass is 10.1. The van der Waals surface area contributed by atoms with E-state index in [9.17, 15) is 9.90 Å². The summed E-state index contributed by atoms with van der Waals surface area (Å²) in [6, 6.07) is 0.872. The maximum atomic E-state index is 11.5. The Morgan fingerprint density at radius 1 is 1.17 bits per heavy atom. The molecule has 1 aromatic rings. The van der Waals surface area contributed by atoms with Crippen LogP contribution >= 0.6 is 11.8 Å². The van der Waals surface area contributed by atoms with Gasteiger partial charge in [-0.1, -0.05) is 34.9 Å². The average Bonchev–Trinajstić information content (AvgIpc) is 2.70. The van der Waals surface area contributed by atoms with Crippen molar-refractivity contribution in [1.29, 1.82) is 0 Å². The third kappa shape index (κ3) is 11.6. The van der Waals surface area contributed by atoms with Gasteiger partial charge in [0.2, 0.25) is 5.95 Å². The van der Waals surface area contributed by atoms with Crippen LogP contribution in [0, 0.1) is 0 Å². The molecule has 1 aromatic heterocycles. The zero-order chi connectivity index (χ0) is 22.4. The van der Waals surface area contributed by atoms with Crippen molar-refractivity contribution in [2.75, 3.05) is 22.2 Å². The van der Waals surface area contributed by atoms with Crippen LogP contribution in [0.5, 0.6) is 0 Å². The Labute approximate surface area is 184 Å². The molecule has 0 aromatic carbocycles. The van der Waals surface area contributed by atoms with Gasteiger partial charge in [-0.3, -0.25) is 5.43 Å². The van der Waals surface area contributed by atoms with Crippen LogP contribution in [0.4, 0.5) is 11.8 Å². The minimum absolute atomic E-state index is 0.233. The molecule has 30 heavy (non-hydrogen) atoms. The van der Waals surface area contributed by atoms with Crippen molar-refractivity contribution in [2.24, 2.45) is 5.84 Å². The van der Waals surface area contributed by atoms with Crippen LogP contribution in [-0.4, -0.2) is 38.6 Å². The minimum atomic E-state index is -0.919. The van der Waals surface area contributed by atoms with E-state index in [2.05, 4.69) is 66.6 Å². The number of carbonyl (C=O) groups is 1. The van der Waals surface area contributed by atoms with Gasteiger partial charge in [-0.2, -0.15) is 16.7 Å².